The predicted molar refractivity (Wildman–Crippen MR) is 109 cm³/mol. The third-order valence-corrected chi connectivity index (χ3v) is 6.24. The Morgan fingerprint density at radius 2 is 1.74 bits per heavy atom. The van der Waals surface area contributed by atoms with Crippen molar-refractivity contribution in [3.05, 3.63) is 33.8 Å². The molecule has 1 saturated carbocycles. The summed E-state index contributed by atoms with van der Waals surface area (Å²) in [6.45, 7) is 1.57. The quantitative estimate of drug-likeness (QED) is 0.645. The van der Waals surface area contributed by atoms with E-state index >= 15 is 0 Å². The van der Waals surface area contributed by atoms with Crippen LogP contribution < -0.4 is 14.2 Å². The number of thiazole rings is 1. The molecule has 148 valence electrons. The van der Waals surface area contributed by atoms with Crippen LogP contribution in [-0.4, -0.2) is 38.3 Å². The number of benzene rings is 1. The van der Waals surface area contributed by atoms with Crippen molar-refractivity contribution in [2.45, 2.75) is 51.1 Å². The average molecular weight is 391 g/mol. The number of aromatic nitrogens is 1. The summed E-state index contributed by atoms with van der Waals surface area (Å²) in [5, 5.41) is 3.54. The first-order valence-corrected chi connectivity index (χ1v) is 10.4. The third kappa shape index (κ3) is 4.74. The number of hydrogen-bond donors (Lipinski definition) is 0. The van der Waals surface area contributed by atoms with Crippen molar-refractivity contribution in [1.82, 2.24) is 9.88 Å². The molecule has 6 heteroatoms. The minimum absolute atomic E-state index is 0.638. The zero-order chi connectivity index (χ0) is 19.2. The van der Waals surface area contributed by atoms with E-state index < -0.39 is 0 Å². The van der Waals surface area contributed by atoms with Gasteiger partial charge >= 0.3 is 0 Å². The summed E-state index contributed by atoms with van der Waals surface area (Å²) in [7, 11) is 7.04. The van der Waals surface area contributed by atoms with E-state index in [0.717, 1.165) is 30.1 Å². The molecule has 3 rings (SSSR count). The summed E-state index contributed by atoms with van der Waals surface area (Å²) in [5.74, 6) is 2.72. The maximum atomic E-state index is 5.60. The average Bonchev–Trinajstić information content (AvgIpc) is 3.16. The first-order chi connectivity index (χ1) is 13.2. The standard InChI is InChI=1S/C21H30N2O3S/c1-23(12-16-10-11-18(24-2)20(26-4)19(16)25-3)13-17-14-27-21(22-17)15-8-6-5-7-9-15/h10-11,14-15H,5-9,12-13H2,1-4H3. The van der Waals surface area contributed by atoms with Gasteiger partial charge in [0.2, 0.25) is 5.75 Å². The molecular formula is C21H30N2O3S. The summed E-state index contributed by atoms with van der Waals surface area (Å²) < 4.78 is 16.5. The van der Waals surface area contributed by atoms with E-state index in [1.807, 2.05) is 23.5 Å². The van der Waals surface area contributed by atoms with Crippen molar-refractivity contribution < 1.29 is 14.2 Å². The van der Waals surface area contributed by atoms with Crippen LogP contribution in [-0.2, 0) is 13.1 Å². The lowest BCUT2D eigenvalue weighted by molar-refractivity contribution is 0.294. The van der Waals surface area contributed by atoms with Crippen molar-refractivity contribution in [2.24, 2.45) is 0 Å². The molecule has 0 saturated heterocycles. The maximum Gasteiger partial charge on any atom is 0.203 e. The fourth-order valence-corrected chi connectivity index (χ4v) is 4.83. The summed E-state index contributed by atoms with van der Waals surface area (Å²) in [5.41, 5.74) is 2.22. The zero-order valence-electron chi connectivity index (χ0n) is 16.8. The van der Waals surface area contributed by atoms with Crippen LogP contribution in [0.3, 0.4) is 0 Å². The van der Waals surface area contributed by atoms with E-state index in [1.165, 1.54) is 37.1 Å². The molecule has 1 heterocycles. The van der Waals surface area contributed by atoms with Gasteiger partial charge in [0.25, 0.3) is 0 Å². The molecule has 0 atom stereocenters. The van der Waals surface area contributed by atoms with Crippen LogP contribution in [0.2, 0.25) is 0 Å². The second-order valence-electron chi connectivity index (χ2n) is 7.18. The maximum absolute atomic E-state index is 5.60. The Morgan fingerprint density at radius 1 is 1.00 bits per heavy atom. The van der Waals surface area contributed by atoms with Crippen LogP contribution in [0, 0.1) is 0 Å². The second-order valence-corrected chi connectivity index (χ2v) is 8.07. The molecule has 1 aliphatic rings. The Kier molecular flexibility index (Phi) is 6.96. The Labute approximate surface area is 166 Å². The van der Waals surface area contributed by atoms with Crippen LogP contribution in [0.15, 0.2) is 17.5 Å². The lowest BCUT2D eigenvalue weighted by Gasteiger charge is -2.20. The van der Waals surface area contributed by atoms with Crippen molar-refractivity contribution in [2.75, 3.05) is 28.4 Å². The van der Waals surface area contributed by atoms with E-state index in [0.29, 0.717) is 17.4 Å². The van der Waals surface area contributed by atoms with E-state index in [-0.39, 0.29) is 0 Å². The number of hydrogen-bond acceptors (Lipinski definition) is 6. The van der Waals surface area contributed by atoms with Crippen molar-refractivity contribution >= 4 is 11.3 Å². The molecule has 1 fully saturated rings. The molecule has 0 radical (unpaired) electrons. The first kappa shape index (κ1) is 20.0. The van der Waals surface area contributed by atoms with Gasteiger partial charge in [-0.05, 0) is 26.0 Å². The first-order valence-electron chi connectivity index (χ1n) is 9.57. The normalized spacial score (nSPS) is 15.1. The molecule has 5 nitrogen and oxygen atoms in total. The van der Waals surface area contributed by atoms with Gasteiger partial charge in [0.05, 0.1) is 32.0 Å². The van der Waals surface area contributed by atoms with Crippen molar-refractivity contribution in [3.63, 3.8) is 0 Å². The van der Waals surface area contributed by atoms with E-state index in [1.54, 1.807) is 21.3 Å². The summed E-state index contributed by atoms with van der Waals surface area (Å²) in [6.07, 6.45) is 6.67. The van der Waals surface area contributed by atoms with Gasteiger partial charge in [-0.15, -0.1) is 11.3 Å². The molecule has 27 heavy (non-hydrogen) atoms. The topological polar surface area (TPSA) is 43.8 Å². The Hall–Kier alpha value is -1.79. The molecule has 0 aliphatic heterocycles. The molecule has 0 unspecified atom stereocenters. The van der Waals surface area contributed by atoms with Crippen molar-refractivity contribution in [1.29, 1.82) is 0 Å². The van der Waals surface area contributed by atoms with Gasteiger partial charge in [0.15, 0.2) is 11.5 Å². The fourth-order valence-electron chi connectivity index (χ4n) is 3.84. The smallest absolute Gasteiger partial charge is 0.203 e. The van der Waals surface area contributed by atoms with Gasteiger partial charge < -0.3 is 14.2 Å². The molecule has 1 aromatic carbocycles. The van der Waals surface area contributed by atoms with Crippen LogP contribution in [0.5, 0.6) is 17.2 Å². The number of methoxy groups -OCH3 is 3. The molecule has 1 aromatic heterocycles. The highest BCUT2D eigenvalue weighted by Crippen LogP contribution is 2.40. The Morgan fingerprint density at radius 3 is 2.41 bits per heavy atom. The highest BCUT2D eigenvalue weighted by molar-refractivity contribution is 7.09. The third-order valence-electron chi connectivity index (χ3n) is 5.18. The SMILES string of the molecule is COc1ccc(CN(C)Cc2csc(C3CCCCC3)n2)c(OC)c1OC. The molecule has 0 bridgehead atoms. The van der Waals surface area contributed by atoms with Gasteiger partial charge in [0, 0.05) is 30.0 Å². The molecular weight excluding hydrogens is 360 g/mol. The second kappa shape index (κ2) is 9.42. The minimum Gasteiger partial charge on any atom is -0.493 e. The lowest BCUT2D eigenvalue weighted by atomic mass is 9.90. The summed E-state index contributed by atoms with van der Waals surface area (Å²) in [4.78, 5) is 7.17. The predicted octanol–water partition coefficient (Wildman–Crippen LogP) is 4.85. The largest absolute Gasteiger partial charge is 0.493 e. The van der Waals surface area contributed by atoms with Crippen molar-refractivity contribution in [3.8, 4) is 17.2 Å². The van der Waals surface area contributed by atoms with Gasteiger partial charge in [-0.25, -0.2) is 4.98 Å². The van der Waals surface area contributed by atoms with E-state index in [9.17, 15) is 0 Å². The Bertz CT molecular complexity index is 741. The monoisotopic (exact) mass is 390 g/mol. The minimum atomic E-state index is 0.638. The van der Waals surface area contributed by atoms with Gasteiger partial charge in [-0.1, -0.05) is 25.3 Å². The number of nitrogens with zero attached hydrogens (tertiary/aromatic N) is 2. The van der Waals surface area contributed by atoms with Gasteiger partial charge in [-0.3, -0.25) is 4.90 Å². The van der Waals surface area contributed by atoms with E-state index in [2.05, 4.69) is 17.3 Å². The molecule has 1 aliphatic carbocycles. The molecule has 2 aromatic rings. The zero-order valence-corrected chi connectivity index (χ0v) is 17.6. The van der Waals surface area contributed by atoms with Crippen LogP contribution in [0.4, 0.5) is 0 Å². The van der Waals surface area contributed by atoms with Gasteiger partial charge in [0.1, 0.15) is 0 Å². The van der Waals surface area contributed by atoms with Crippen LogP contribution >= 0.6 is 11.3 Å². The lowest BCUT2D eigenvalue weighted by Crippen LogP contribution is -2.18. The van der Waals surface area contributed by atoms with Crippen LogP contribution in [0.25, 0.3) is 0 Å². The Balaban J connectivity index is 1.67. The fraction of sp³-hybridized carbons (Fsp3) is 0.571. The molecule has 0 amide bonds. The van der Waals surface area contributed by atoms with E-state index in [4.69, 9.17) is 19.2 Å². The highest BCUT2D eigenvalue weighted by Gasteiger charge is 2.20. The summed E-state index contributed by atoms with van der Waals surface area (Å²) >= 11 is 1.82. The molecule has 0 spiro atoms. The molecule has 0 N–H and O–H groups in total. The number of ether oxygens (including phenoxy) is 3. The highest BCUT2D eigenvalue weighted by atomic mass is 32.1. The number of rotatable bonds is 8. The van der Waals surface area contributed by atoms with Crippen LogP contribution in [0.1, 0.15) is 54.3 Å². The summed E-state index contributed by atoms with van der Waals surface area (Å²) in [6, 6.07) is 3.96. The van der Waals surface area contributed by atoms with Gasteiger partial charge in [-0.2, -0.15) is 0 Å².